The summed E-state index contributed by atoms with van der Waals surface area (Å²) in [5.41, 5.74) is 1.90. The molecule has 106 valence electrons. The molecule has 5 nitrogen and oxygen atoms in total. The molecule has 0 heterocycles. The summed E-state index contributed by atoms with van der Waals surface area (Å²) in [6.07, 6.45) is 5.36. The fraction of sp³-hybridized carbons (Fsp3) is 0.333. The number of aliphatic hydroxyl groups excluding tert-OH is 1. The van der Waals surface area contributed by atoms with Gasteiger partial charge in [-0.05, 0) is 36.5 Å². The van der Waals surface area contributed by atoms with E-state index in [4.69, 9.17) is 14.9 Å². The van der Waals surface area contributed by atoms with Gasteiger partial charge in [0.1, 0.15) is 12.4 Å². The molecule has 0 saturated heterocycles. The number of ether oxygens (including phenoxy) is 1. The van der Waals surface area contributed by atoms with E-state index in [0.717, 1.165) is 36.5 Å². The average molecular weight is 276 g/mol. The summed E-state index contributed by atoms with van der Waals surface area (Å²) in [4.78, 5) is 21.8. The van der Waals surface area contributed by atoms with Crippen molar-refractivity contribution in [2.75, 3.05) is 6.61 Å². The van der Waals surface area contributed by atoms with Crippen LogP contribution < -0.4 is 4.74 Å². The van der Waals surface area contributed by atoms with Gasteiger partial charge < -0.3 is 14.9 Å². The van der Waals surface area contributed by atoms with E-state index in [0.29, 0.717) is 5.75 Å². The number of aliphatic carboxylic acids is 1. The average Bonchev–Trinajstić information content (AvgIpc) is 2.45. The molecule has 0 amide bonds. The summed E-state index contributed by atoms with van der Waals surface area (Å²) < 4.78 is 5.11. The summed E-state index contributed by atoms with van der Waals surface area (Å²) in [5.74, 6) is -1.20. The maximum Gasteiger partial charge on any atom is 0.337 e. The monoisotopic (exact) mass is 276 g/mol. The van der Waals surface area contributed by atoms with Gasteiger partial charge in [-0.3, -0.25) is 0 Å². The highest BCUT2D eigenvalue weighted by Gasteiger charge is 2.22. The third kappa shape index (κ3) is 3.24. The molecule has 2 N–H and O–H groups in total. The minimum Gasteiger partial charge on any atom is -0.478 e. The predicted molar refractivity (Wildman–Crippen MR) is 71.6 cm³/mol. The van der Waals surface area contributed by atoms with E-state index in [1.165, 1.54) is 0 Å². The van der Waals surface area contributed by atoms with Crippen LogP contribution in [0.5, 0.6) is 5.75 Å². The molecule has 0 radical (unpaired) electrons. The molecule has 0 aromatic heterocycles. The normalized spacial score (nSPS) is 17.8. The molecular formula is C15H16O5. The standard InChI is InChI=1S/C15H16O5/c16-9-15(19)20-13-6-2-4-11-10(7-8-14(17)18)3-1-5-12(11)13/h2,4,6-8,10,16H,1,3,5,9H2,(H,17,18). The molecule has 1 aromatic rings. The molecule has 2 rings (SSSR count). The Morgan fingerprint density at radius 1 is 1.40 bits per heavy atom. The first-order chi connectivity index (χ1) is 9.61. The highest BCUT2D eigenvalue weighted by Crippen LogP contribution is 2.37. The first-order valence-electron chi connectivity index (χ1n) is 6.46. The van der Waals surface area contributed by atoms with Gasteiger partial charge in [-0.1, -0.05) is 18.2 Å². The van der Waals surface area contributed by atoms with Crippen LogP contribution in [0.2, 0.25) is 0 Å². The lowest BCUT2D eigenvalue weighted by atomic mass is 9.82. The molecule has 1 unspecified atom stereocenters. The van der Waals surface area contributed by atoms with Crippen molar-refractivity contribution in [3.8, 4) is 5.75 Å². The fourth-order valence-corrected chi connectivity index (χ4v) is 2.50. The Balaban J connectivity index is 2.31. The van der Waals surface area contributed by atoms with Crippen molar-refractivity contribution < 1.29 is 24.5 Å². The third-order valence-electron chi connectivity index (χ3n) is 3.33. The minimum atomic E-state index is -0.972. The number of fused-ring (bicyclic) bond motifs is 1. The van der Waals surface area contributed by atoms with Gasteiger partial charge in [-0.2, -0.15) is 0 Å². The smallest absolute Gasteiger partial charge is 0.337 e. The van der Waals surface area contributed by atoms with Gasteiger partial charge in [0.15, 0.2) is 0 Å². The Bertz CT molecular complexity index is 547. The zero-order valence-electron chi connectivity index (χ0n) is 10.9. The molecule has 5 heteroatoms. The summed E-state index contributed by atoms with van der Waals surface area (Å²) >= 11 is 0. The van der Waals surface area contributed by atoms with Crippen molar-refractivity contribution >= 4 is 11.9 Å². The van der Waals surface area contributed by atoms with E-state index in [1.54, 1.807) is 18.2 Å². The summed E-state index contributed by atoms with van der Waals surface area (Å²) in [7, 11) is 0. The van der Waals surface area contributed by atoms with Crippen LogP contribution in [-0.2, 0) is 16.0 Å². The van der Waals surface area contributed by atoms with Gasteiger partial charge in [-0.15, -0.1) is 0 Å². The molecule has 1 aromatic carbocycles. The quantitative estimate of drug-likeness (QED) is 0.496. The zero-order valence-corrected chi connectivity index (χ0v) is 10.9. The van der Waals surface area contributed by atoms with Crippen molar-refractivity contribution in [2.24, 2.45) is 0 Å². The van der Waals surface area contributed by atoms with Gasteiger partial charge in [0.25, 0.3) is 0 Å². The summed E-state index contributed by atoms with van der Waals surface area (Å²) in [6, 6.07) is 5.38. The Kier molecular flexibility index (Phi) is 4.53. The Morgan fingerprint density at radius 2 is 2.20 bits per heavy atom. The Labute approximate surface area is 116 Å². The number of hydrogen-bond acceptors (Lipinski definition) is 4. The number of carboxylic acids is 1. The largest absolute Gasteiger partial charge is 0.478 e. The fourth-order valence-electron chi connectivity index (χ4n) is 2.50. The van der Waals surface area contributed by atoms with Crippen LogP contribution in [0.3, 0.4) is 0 Å². The first-order valence-corrected chi connectivity index (χ1v) is 6.46. The molecule has 0 aliphatic heterocycles. The molecule has 0 bridgehead atoms. The SMILES string of the molecule is O=C(O)C=CC1CCCc2c(OC(=O)CO)cccc21. The lowest BCUT2D eigenvalue weighted by molar-refractivity contribution is -0.137. The highest BCUT2D eigenvalue weighted by molar-refractivity contribution is 5.80. The van der Waals surface area contributed by atoms with Crippen LogP contribution in [0, 0.1) is 0 Å². The minimum absolute atomic E-state index is 0.0163. The van der Waals surface area contributed by atoms with E-state index < -0.39 is 18.5 Å². The van der Waals surface area contributed by atoms with Crippen molar-refractivity contribution in [3.63, 3.8) is 0 Å². The Hall–Kier alpha value is -2.14. The summed E-state index contributed by atoms with van der Waals surface area (Å²) in [6.45, 7) is -0.661. The summed E-state index contributed by atoms with van der Waals surface area (Å²) in [5, 5.41) is 17.5. The lowest BCUT2D eigenvalue weighted by Crippen LogP contribution is -2.16. The third-order valence-corrected chi connectivity index (χ3v) is 3.33. The number of benzene rings is 1. The van der Waals surface area contributed by atoms with E-state index in [1.807, 2.05) is 6.07 Å². The number of esters is 1. The number of aliphatic hydroxyl groups is 1. The number of carbonyl (C=O) groups is 2. The van der Waals surface area contributed by atoms with Crippen molar-refractivity contribution in [1.82, 2.24) is 0 Å². The van der Waals surface area contributed by atoms with Crippen molar-refractivity contribution in [1.29, 1.82) is 0 Å². The maximum absolute atomic E-state index is 11.2. The highest BCUT2D eigenvalue weighted by atomic mass is 16.5. The van der Waals surface area contributed by atoms with E-state index in [2.05, 4.69) is 0 Å². The van der Waals surface area contributed by atoms with E-state index in [9.17, 15) is 9.59 Å². The van der Waals surface area contributed by atoms with Crippen LogP contribution in [0.1, 0.15) is 29.9 Å². The zero-order chi connectivity index (χ0) is 14.5. The molecule has 1 atom stereocenters. The molecule has 1 aliphatic carbocycles. The lowest BCUT2D eigenvalue weighted by Gasteiger charge is -2.24. The van der Waals surface area contributed by atoms with Crippen LogP contribution in [0.15, 0.2) is 30.4 Å². The van der Waals surface area contributed by atoms with Gasteiger partial charge >= 0.3 is 11.9 Å². The van der Waals surface area contributed by atoms with Crippen LogP contribution in [0.25, 0.3) is 0 Å². The molecule has 0 fully saturated rings. The molecule has 0 saturated carbocycles. The molecule has 20 heavy (non-hydrogen) atoms. The first kappa shape index (κ1) is 14.3. The van der Waals surface area contributed by atoms with Gasteiger partial charge in [-0.25, -0.2) is 9.59 Å². The van der Waals surface area contributed by atoms with Crippen molar-refractivity contribution in [2.45, 2.75) is 25.2 Å². The van der Waals surface area contributed by atoms with Crippen molar-refractivity contribution in [3.05, 3.63) is 41.5 Å². The second-order valence-electron chi connectivity index (χ2n) is 4.65. The van der Waals surface area contributed by atoms with Crippen LogP contribution >= 0.6 is 0 Å². The van der Waals surface area contributed by atoms with Gasteiger partial charge in [0, 0.05) is 12.0 Å². The Morgan fingerprint density at radius 3 is 2.90 bits per heavy atom. The van der Waals surface area contributed by atoms with Crippen LogP contribution in [-0.4, -0.2) is 28.8 Å². The molecule has 1 aliphatic rings. The second-order valence-corrected chi connectivity index (χ2v) is 4.65. The number of rotatable bonds is 4. The van der Waals surface area contributed by atoms with E-state index >= 15 is 0 Å². The number of carbonyl (C=O) groups excluding carboxylic acids is 1. The number of carboxylic acid groups (broad SMARTS) is 1. The predicted octanol–water partition coefficient (Wildman–Crippen LogP) is 1.65. The maximum atomic E-state index is 11.2. The van der Waals surface area contributed by atoms with Gasteiger partial charge in [0.2, 0.25) is 0 Å². The number of allylic oxidation sites excluding steroid dienone is 1. The number of hydrogen-bond donors (Lipinski definition) is 2. The molecule has 0 spiro atoms. The second kappa shape index (κ2) is 6.34. The van der Waals surface area contributed by atoms with E-state index in [-0.39, 0.29) is 5.92 Å². The topological polar surface area (TPSA) is 83.8 Å². The molecular weight excluding hydrogens is 260 g/mol. The van der Waals surface area contributed by atoms with Crippen LogP contribution in [0.4, 0.5) is 0 Å². The van der Waals surface area contributed by atoms with Gasteiger partial charge in [0.05, 0.1) is 0 Å².